The van der Waals surface area contributed by atoms with Crippen LogP contribution in [0.25, 0.3) is 10.2 Å². The van der Waals surface area contributed by atoms with Crippen LogP contribution in [0.5, 0.6) is 0 Å². The number of fused-ring (bicyclic) bond motifs is 1. The Morgan fingerprint density at radius 1 is 1.47 bits per heavy atom. The van der Waals surface area contributed by atoms with Crippen molar-refractivity contribution in [2.45, 2.75) is 25.3 Å². The Morgan fingerprint density at radius 2 is 2.37 bits per heavy atom. The molecule has 4 nitrogen and oxygen atoms in total. The number of thiazole rings is 1. The van der Waals surface area contributed by atoms with Crippen molar-refractivity contribution in [3.63, 3.8) is 0 Å². The Balaban J connectivity index is 1.75. The lowest BCUT2D eigenvalue weighted by Crippen LogP contribution is -2.43. The topological polar surface area (TPSA) is 54.0 Å². The number of rotatable bonds is 2. The number of carbonyl (C=O) groups is 1. The van der Waals surface area contributed by atoms with E-state index in [1.54, 1.807) is 6.07 Å². The van der Waals surface area contributed by atoms with Gasteiger partial charge in [0.25, 0.3) is 0 Å². The number of nitrogens with zero attached hydrogens (tertiary/aromatic N) is 1. The Hall–Kier alpha value is -1.17. The van der Waals surface area contributed by atoms with Crippen LogP contribution in [0.15, 0.2) is 18.2 Å². The summed E-state index contributed by atoms with van der Waals surface area (Å²) in [6.45, 7) is 0.910. The number of anilines is 1. The van der Waals surface area contributed by atoms with Gasteiger partial charge in [0.1, 0.15) is 0 Å². The lowest BCUT2D eigenvalue weighted by atomic mass is 10.0. The lowest BCUT2D eigenvalue weighted by molar-refractivity contribution is -0.118. The van der Waals surface area contributed by atoms with Crippen molar-refractivity contribution < 1.29 is 4.79 Å². The van der Waals surface area contributed by atoms with Gasteiger partial charge in [0, 0.05) is 5.02 Å². The average molecular weight is 296 g/mol. The number of hydrogen-bond acceptors (Lipinski definition) is 4. The number of carbonyl (C=O) groups excluding carboxylic acids is 1. The molecule has 1 amide bonds. The molecule has 1 aromatic heterocycles. The molecule has 0 aliphatic carbocycles. The number of aromatic nitrogens is 1. The summed E-state index contributed by atoms with van der Waals surface area (Å²) in [5.41, 5.74) is 0.862. The number of nitrogens with one attached hydrogen (secondary N) is 2. The van der Waals surface area contributed by atoms with Gasteiger partial charge >= 0.3 is 0 Å². The van der Waals surface area contributed by atoms with Gasteiger partial charge in [0.15, 0.2) is 5.13 Å². The Morgan fingerprint density at radius 3 is 3.16 bits per heavy atom. The quantitative estimate of drug-likeness (QED) is 0.895. The molecule has 2 N–H and O–H groups in total. The summed E-state index contributed by atoms with van der Waals surface area (Å²) in [4.78, 5) is 16.5. The van der Waals surface area contributed by atoms with Crippen LogP contribution in [0.2, 0.25) is 5.02 Å². The van der Waals surface area contributed by atoms with E-state index in [0.717, 1.165) is 36.0 Å². The van der Waals surface area contributed by atoms with Crippen LogP contribution >= 0.6 is 22.9 Å². The number of amides is 1. The third kappa shape index (κ3) is 2.88. The van der Waals surface area contributed by atoms with E-state index < -0.39 is 0 Å². The van der Waals surface area contributed by atoms with Crippen molar-refractivity contribution in [2.24, 2.45) is 0 Å². The average Bonchev–Trinajstić information content (AvgIpc) is 2.81. The van der Waals surface area contributed by atoms with Crippen LogP contribution < -0.4 is 10.6 Å². The highest BCUT2D eigenvalue weighted by molar-refractivity contribution is 7.22. The standard InChI is InChI=1S/C13H14ClN3OS/c14-8-4-5-9-11(7-8)19-13(16-9)17-12(18)10-3-1-2-6-15-10/h4-5,7,10,15H,1-3,6H2,(H,16,17,18)/t10-/m1/s1. The van der Waals surface area contributed by atoms with Gasteiger partial charge in [0.2, 0.25) is 5.91 Å². The second-order valence-electron chi connectivity index (χ2n) is 4.62. The normalized spacial score (nSPS) is 19.5. The molecule has 1 fully saturated rings. The predicted molar refractivity (Wildman–Crippen MR) is 78.9 cm³/mol. The van der Waals surface area contributed by atoms with Crippen LogP contribution in [-0.4, -0.2) is 23.5 Å². The number of piperidine rings is 1. The molecule has 3 rings (SSSR count). The molecule has 0 unspecified atom stereocenters. The van der Waals surface area contributed by atoms with Crippen molar-refractivity contribution in [1.29, 1.82) is 0 Å². The molecule has 0 bridgehead atoms. The van der Waals surface area contributed by atoms with Gasteiger partial charge in [-0.25, -0.2) is 4.98 Å². The van der Waals surface area contributed by atoms with E-state index in [-0.39, 0.29) is 11.9 Å². The molecule has 1 atom stereocenters. The summed E-state index contributed by atoms with van der Waals surface area (Å²) >= 11 is 7.39. The number of halogens is 1. The fourth-order valence-corrected chi connectivity index (χ4v) is 3.36. The second kappa shape index (κ2) is 5.45. The molecule has 0 saturated carbocycles. The summed E-state index contributed by atoms with van der Waals surface area (Å²) in [6.07, 6.45) is 3.13. The Bertz CT molecular complexity index is 607. The van der Waals surface area contributed by atoms with E-state index in [1.165, 1.54) is 11.3 Å². The van der Waals surface area contributed by atoms with E-state index in [2.05, 4.69) is 15.6 Å². The van der Waals surface area contributed by atoms with Crippen LogP contribution in [0.3, 0.4) is 0 Å². The van der Waals surface area contributed by atoms with Crippen molar-refractivity contribution >= 4 is 44.2 Å². The number of benzene rings is 1. The third-order valence-electron chi connectivity index (χ3n) is 3.21. The molecule has 1 aliphatic rings. The first kappa shape index (κ1) is 12.8. The van der Waals surface area contributed by atoms with Gasteiger partial charge in [-0.3, -0.25) is 4.79 Å². The highest BCUT2D eigenvalue weighted by atomic mass is 35.5. The van der Waals surface area contributed by atoms with E-state index in [9.17, 15) is 4.79 Å². The first-order valence-electron chi connectivity index (χ1n) is 6.33. The summed E-state index contributed by atoms with van der Waals surface area (Å²) in [7, 11) is 0. The van der Waals surface area contributed by atoms with Gasteiger partial charge in [0.05, 0.1) is 16.3 Å². The smallest absolute Gasteiger partial charge is 0.243 e. The first-order valence-corrected chi connectivity index (χ1v) is 7.52. The molecule has 0 spiro atoms. The summed E-state index contributed by atoms with van der Waals surface area (Å²) < 4.78 is 0.986. The molecule has 6 heteroatoms. The van der Waals surface area contributed by atoms with Crippen LogP contribution in [0.4, 0.5) is 5.13 Å². The predicted octanol–water partition coefficient (Wildman–Crippen LogP) is 3.03. The summed E-state index contributed by atoms with van der Waals surface area (Å²) in [5.74, 6) is 0.00449. The molecule has 0 radical (unpaired) electrons. The van der Waals surface area contributed by atoms with E-state index in [1.807, 2.05) is 12.1 Å². The van der Waals surface area contributed by atoms with E-state index >= 15 is 0 Å². The monoisotopic (exact) mass is 295 g/mol. The van der Waals surface area contributed by atoms with Gasteiger partial charge in [-0.15, -0.1) is 0 Å². The fourth-order valence-electron chi connectivity index (χ4n) is 2.22. The molecular formula is C13H14ClN3OS. The van der Waals surface area contributed by atoms with Crippen molar-refractivity contribution in [1.82, 2.24) is 10.3 Å². The van der Waals surface area contributed by atoms with Crippen LogP contribution in [0, 0.1) is 0 Å². The van der Waals surface area contributed by atoms with E-state index in [0.29, 0.717) is 10.2 Å². The SMILES string of the molecule is O=C(Nc1nc2ccc(Cl)cc2s1)[C@H]1CCCCN1. The molecule has 100 valence electrons. The molecule has 1 aliphatic heterocycles. The van der Waals surface area contributed by atoms with Gasteiger partial charge in [-0.2, -0.15) is 0 Å². The minimum absolute atomic E-state index is 0.00449. The lowest BCUT2D eigenvalue weighted by Gasteiger charge is -2.21. The maximum absolute atomic E-state index is 12.1. The highest BCUT2D eigenvalue weighted by Gasteiger charge is 2.21. The third-order valence-corrected chi connectivity index (χ3v) is 4.38. The maximum Gasteiger partial charge on any atom is 0.243 e. The first-order chi connectivity index (χ1) is 9.22. The van der Waals surface area contributed by atoms with E-state index in [4.69, 9.17) is 11.6 Å². The van der Waals surface area contributed by atoms with Gasteiger partial charge < -0.3 is 10.6 Å². The highest BCUT2D eigenvalue weighted by Crippen LogP contribution is 2.28. The molecule has 2 heterocycles. The Kier molecular flexibility index (Phi) is 3.68. The van der Waals surface area contributed by atoms with Crippen molar-refractivity contribution in [3.8, 4) is 0 Å². The largest absolute Gasteiger partial charge is 0.306 e. The summed E-state index contributed by atoms with van der Waals surface area (Å²) in [6, 6.07) is 5.44. The Labute approximate surface area is 120 Å². The molecule has 19 heavy (non-hydrogen) atoms. The zero-order chi connectivity index (χ0) is 13.2. The van der Waals surface area contributed by atoms with Gasteiger partial charge in [-0.1, -0.05) is 29.4 Å². The van der Waals surface area contributed by atoms with Crippen molar-refractivity contribution in [2.75, 3.05) is 11.9 Å². The van der Waals surface area contributed by atoms with Gasteiger partial charge in [-0.05, 0) is 37.6 Å². The molecule has 1 aromatic carbocycles. The zero-order valence-electron chi connectivity index (χ0n) is 10.3. The minimum atomic E-state index is -0.0932. The maximum atomic E-state index is 12.1. The zero-order valence-corrected chi connectivity index (χ0v) is 11.9. The second-order valence-corrected chi connectivity index (χ2v) is 6.09. The van der Waals surface area contributed by atoms with Crippen LogP contribution in [0.1, 0.15) is 19.3 Å². The van der Waals surface area contributed by atoms with Crippen molar-refractivity contribution in [3.05, 3.63) is 23.2 Å². The van der Waals surface area contributed by atoms with Crippen LogP contribution in [-0.2, 0) is 4.79 Å². The fraction of sp³-hybridized carbons (Fsp3) is 0.385. The minimum Gasteiger partial charge on any atom is -0.306 e. The summed E-state index contributed by atoms with van der Waals surface area (Å²) in [5, 5.41) is 7.43. The number of hydrogen-bond donors (Lipinski definition) is 2. The molecule has 1 saturated heterocycles. The molecule has 2 aromatic rings. The molecular weight excluding hydrogens is 282 g/mol.